The first-order chi connectivity index (χ1) is 11.1. The molecule has 1 aliphatic rings. The summed E-state index contributed by atoms with van der Waals surface area (Å²) in [5.74, 6) is 0.170. The quantitative estimate of drug-likeness (QED) is 0.849. The van der Waals surface area contributed by atoms with Gasteiger partial charge in [-0.1, -0.05) is 30.3 Å². The molecular formula is C19H21FN2O. The molecule has 0 radical (unpaired) electrons. The van der Waals surface area contributed by atoms with E-state index in [-0.39, 0.29) is 23.8 Å². The van der Waals surface area contributed by atoms with Crippen molar-refractivity contribution in [1.29, 1.82) is 0 Å². The van der Waals surface area contributed by atoms with E-state index in [9.17, 15) is 9.18 Å². The normalized spacial score (nSPS) is 16.6. The Labute approximate surface area is 135 Å². The molecule has 0 aliphatic heterocycles. The first-order valence-electron chi connectivity index (χ1n) is 8.01. The summed E-state index contributed by atoms with van der Waals surface area (Å²) in [6.45, 7) is 1.86. The number of hydrogen-bond donors (Lipinski definition) is 2. The van der Waals surface area contributed by atoms with Gasteiger partial charge < -0.3 is 5.32 Å². The number of amides is 1. The van der Waals surface area contributed by atoms with Crippen molar-refractivity contribution < 1.29 is 9.18 Å². The smallest absolute Gasteiger partial charge is 0.241 e. The molecule has 2 aromatic carbocycles. The summed E-state index contributed by atoms with van der Waals surface area (Å²) < 4.78 is 12.9. The first-order valence-corrected chi connectivity index (χ1v) is 8.01. The van der Waals surface area contributed by atoms with E-state index in [0.717, 1.165) is 0 Å². The molecule has 1 fully saturated rings. The topological polar surface area (TPSA) is 41.1 Å². The number of carbonyl (C=O) groups is 1. The molecule has 4 heteroatoms. The summed E-state index contributed by atoms with van der Waals surface area (Å²) in [5.41, 5.74) is 1.82. The van der Waals surface area contributed by atoms with Crippen molar-refractivity contribution in [2.75, 3.05) is 5.32 Å². The average Bonchev–Trinajstić information content (AvgIpc) is 3.40. The van der Waals surface area contributed by atoms with Gasteiger partial charge in [-0.3, -0.25) is 10.1 Å². The van der Waals surface area contributed by atoms with E-state index in [4.69, 9.17) is 0 Å². The molecule has 2 N–H and O–H groups in total. The molecule has 120 valence electrons. The third kappa shape index (κ3) is 4.17. The van der Waals surface area contributed by atoms with E-state index in [1.165, 1.54) is 30.5 Å². The van der Waals surface area contributed by atoms with Crippen LogP contribution in [-0.2, 0) is 4.79 Å². The highest BCUT2D eigenvalue weighted by Gasteiger charge is 2.33. The molecule has 1 amide bonds. The standard InChI is InChI=1S/C19H21FN2O/c1-13(19(23)22-17-11-9-16(20)10-12-17)21-18(15-7-8-15)14-5-3-2-4-6-14/h2-6,9-13,15,18,21H,7-8H2,1H3,(H,22,23)/t13-,18+/m1/s1. The molecule has 3 rings (SSSR count). The van der Waals surface area contributed by atoms with E-state index in [1.54, 1.807) is 12.1 Å². The van der Waals surface area contributed by atoms with Gasteiger partial charge in [-0.25, -0.2) is 4.39 Å². The number of halogens is 1. The fourth-order valence-electron chi connectivity index (χ4n) is 2.72. The molecule has 0 unspecified atom stereocenters. The van der Waals surface area contributed by atoms with Crippen molar-refractivity contribution in [2.24, 2.45) is 5.92 Å². The molecule has 1 aliphatic carbocycles. The average molecular weight is 312 g/mol. The minimum Gasteiger partial charge on any atom is -0.325 e. The maximum atomic E-state index is 12.9. The number of rotatable bonds is 6. The van der Waals surface area contributed by atoms with Crippen molar-refractivity contribution in [2.45, 2.75) is 31.8 Å². The van der Waals surface area contributed by atoms with E-state index in [2.05, 4.69) is 22.8 Å². The Morgan fingerprint density at radius 2 is 1.74 bits per heavy atom. The van der Waals surface area contributed by atoms with Crippen LogP contribution in [0.3, 0.4) is 0 Å². The summed E-state index contributed by atoms with van der Waals surface area (Å²) in [7, 11) is 0. The van der Waals surface area contributed by atoms with E-state index in [0.29, 0.717) is 11.6 Å². The third-order valence-corrected chi connectivity index (χ3v) is 4.19. The Morgan fingerprint density at radius 1 is 1.09 bits per heavy atom. The zero-order chi connectivity index (χ0) is 16.2. The van der Waals surface area contributed by atoms with Crippen molar-refractivity contribution in [3.63, 3.8) is 0 Å². The highest BCUT2D eigenvalue weighted by molar-refractivity contribution is 5.94. The summed E-state index contributed by atoms with van der Waals surface area (Å²) in [6, 6.07) is 15.9. The van der Waals surface area contributed by atoms with Gasteiger partial charge in [0.2, 0.25) is 5.91 Å². The van der Waals surface area contributed by atoms with E-state index < -0.39 is 0 Å². The summed E-state index contributed by atoms with van der Waals surface area (Å²) in [5, 5.41) is 6.26. The molecular weight excluding hydrogens is 291 g/mol. The van der Waals surface area contributed by atoms with Crippen molar-refractivity contribution in [3.8, 4) is 0 Å². The Morgan fingerprint density at radius 3 is 2.35 bits per heavy atom. The second-order valence-electron chi connectivity index (χ2n) is 6.11. The van der Waals surface area contributed by atoms with Crippen LogP contribution in [0.1, 0.15) is 31.4 Å². The van der Waals surface area contributed by atoms with Gasteiger partial charge in [-0.05, 0) is 55.5 Å². The molecule has 23 heavy (non-hydrogen) atoms. The number of hydrogen-bond acceptors (Lipinski definition) is 2. The predicted molar refractivity (Wildman–Crippen MR) is 89.5 cm³/mol. The molecule has 0 spiro atoms. The van der Waals surface area contributed by atoms with E-state index in [1.807, 2.05) is 25.1 Å². The lowest BCUT2D eigenvalue weighted by molar-refractivity contribution is -0.118. The van der Waals surface area contributed by atoms with Gasteiger partial charge in [0, 0.05) is 11.7 Å². The Bertz CT molecular complexity index is 653. The maximum absolute atomic E-state index is 12.9. The number of benzene rings is 2. The predicted octanol–water partition coefficient (Wildman–Crippen LogP) is 3.89. The van der Waals surface area contributed by atoms with Crippen LogP contribution in [-0.4, -0.2) is 11.9 Å². The molecule has 0 aromatic heterocycles. The van der Waals surface area contributed by atoms with Crippen LogP contribution < -0.4 is 10.6 Å². The second-order valence-corrected chi connectivity index (χ2v) is 6.11. The fourth-order valence-corrected chi connectivity index (χ4v) is 2.72. The summed E-state index contributed by atoms with van der Waals surface area (Å²) >= 11 is 0. The molecule has 2 atom stereocenters. The highest BCUT2D eigenvalue weighted by Crippen LogP contribution is 2.41. The van der Waals surface area contributed by atoms with Gasteiger partial charge in [-0.15, -0.1) is 0 Å². The van der Waals surface area contributed by atoms with Crippen LogP contribution in [0.15, 0.2) is 54.6 Å². The van der Waals surface area contributed by atoms with Gasteiger partial charge in [0.05, 0.1) is 6.04 Å². The zero-order valence-electron chi connectivity index (χ0n) is 13.1. The second kappa shape index (κ2) is 6.92. The van der Waals surface area contributed by atoms with Crippen LogP contribution in [0.4, 0.5) is 10.1 Å². The fraction of sp³-hybridized carbons (Fsp3) is 0.316. The summed E-state index contributed by atoms with van der Waals surface area (Å²) in [4.78, 5) is 12.3. The van der Waals surface area contributed by atoms with Crippen molar-refractivity contribution >= 4 is 11.6 Å². The number of anilines is 1. The zero-order valence-corrected chi connectivity index (χ0v) is 13.1. The lowest BCUT2D eigenvalue weighted by atomic mass is 10.0. The van der Waals surface area contributed by atoms with Crippen LogP contribution >= 0.6 is 0 Å². The molecule has 0 bridgehead atoms. The SMILES string of the molecule is C[C@@H](N[C@@H](c1ccccc1)C1CC1)C(=O)Nc1ccc(F)cc1. The largest absolute Gasteiger partial charge is 0.325 e. The van der Waals surface area contributed by atoms with Gasteiger partial charge in [0.1, 0.15) is 5.82 Å². The Kier molecular flexibility index (Phi) is 4.72. The lowest BCUT2D eigenvalue weighted by Crippen LogP contribution is -2.40. The Balaban J connectivity index is 1.63. The molecule has 1 saturated carbocycles. The lowest BCUT2D eigenvalue weighted by Gasteiger charge is -2.23. The molecule has 0 saturated heterocycles. The van der Waals surface area contributed by atoms with Gasteiger partial charge >= 0.3 is 0 Å². The number of nitrogens with one attached hydrogen (secondary N) is 2. The van der Waals surface area contributed by atoms with Crippen molar-refractivity contribution in [1.82, 2.24) is 5.32 Å². The van der Waals surface area contributed by atoms with Gasteiger partial charge in [-0.2, -0.15) is 0 Å². The highest BCUT2D eigenvalue weighted by atomic mass is 19.1. The van der Waals surface area contributed by atoms with Gasteiger partial charge in [0.15, 0.2) is 0 Å². The van der Waals surface area contributed by atoms with Crippen LogP contribution in [0.2, 0.25) is 0 Å². The first kappa shape index (κ1) is 15.7. The van der Waals surface area contributed by atoms with E-state index >= 15 is 0 Å². The monoisotopic (exact) mass is 312 g/mol. The molecule has 3 nitrogen and oxygen atoms in total. The minimum atomic E-state index is -0.328. The minimum absolute atomic E-state index is 0.113. The number of carbonyl (C=O) groups excluding carboxylic acids is 1. The maximum Gasteiger partial charge on any atom is 0.241 e. The third-order valence-electron chi connectivity index (χ3n) is 4.19. The van der Waals surface area contributed by atoms with Crippen molar-refractivity contribution in [3.05, 3.63) is 66.0 Å². The van der Waals surface area contributed by atoms with Gasteiger partial charge in [0.25, 0.3) is 0 Å². The summed E-state index contributed by atoms with van der Waals surface area (Å²) in [6.07, 6.45) is 2.39. The van der Waals surface area contributed by atoms with Crippen LogP contribution in [0, 0.1) is 11.7 Å². The Hall–Kier alpha value is -2.20. The molecule has 2 aromatic rings. The van der Waals surface area contributed by atoms with Crippen LogP contribution in [0.5, 0.6) is 0 Å². The van der Waals surface area contributed by atoms with Crippen LogP contribution in [0.25, 0.3) is 0 Å². The molecule has 0 heterocycles.